The smallest absolute Gasteiger partial charge is 0.227 e. The Labute approximate surface area is 177 Å². The van der Waals surface area contributed by atoms with Gasteiger partial charge in [0, 0.05) is 32.7 Å². The summed E-state index contributed by atoms with van der Waals surface area (Å²) in [5.41, 5.74) is 2.45. The molecule has 1 aromatic carbocycles. The van der Waals surface area contributed by atoms with Gasteiger partial charge in [0.1, 0.15) is 0 Å². The van der Waals surface area contributed by atoms with Crippen molar-refractivity contribution in [3.8, 4) is 0 Å². The molecule has 156 valence electrons. The number of nitrogens with one attached hydrogen (secondary N) is 1. The highest BCUT2D eigenvalue weighted by molar-refractivity contribution is 5.85. The molecule has 1 heterocycles. The largest absolute Gasteiger partial charge is 0.356 e. The first-order valence-corrected chi connectivity index (χ1v) is 9.73. The minimum atomic E-state index is -0.0864. The van der Waals surface area contributed by atoms with Gasteiger partial charge in [-0.05, 0) is 50.4 Å². The molecule has 0 radical (unpaired) electrons. The summed E-state index contributed by atoms with van der Waals surface area (Å²) in [6.45, 7) is 12.9. The first kappa shape index (κ1) is 26.2. The Morgan fingerprint density at radius 3 is 2.19 bits per heavy atom. The summed E-state index contributed by atoms with van der Waals surface area (Å²) in [7, 11) is 2.17. The van der Waals surface area contributed by atoms with Crippen LogP contribution in [0, 0.1) is 5.92 Å². The van der Waals surface area contributed by atoms with E-state index >= 15 is 0 Å². The molecule has 1 fully saturated rings. The molecule has 1 unspecified atom stereocenters. The van der Waals surface area contributed by atoms with Crippen molar-refractivity contribution in [1.29, 1.82) is 0 Å². The molecule has 2 rings (SSSR count). The van der Waals surface area contributed by atoms with Gasteiger partial charge in [0.2, 0.25) is 5.91 Å². The first-order chi connectivity index (χ1) is 12.0. The van der Waals surface area contributed by atoms with Crippen LogP contribution < -0.4 is 5.32 Å². The molecule has 0 aliphatic carbocycles. The monoisotopic (exact) mass is 417 g/mol. The van der Waals surface area contributed by atoms with Crippen LogP contribution in [0.4, 0.5) is 0 Å². The van der Waals surface area contributed by atoms with Gasteiger partial charge < -0.3 is 15.1 Å². The van der Waals surface area contributed by atoms with Crippen LogP contribution in [0.25, 0.3) is 0 Å². The highest BCUT2D eigenvalue weighted by atomic mass is 35.5. The third-order valence-electron chi connectivity index (χ3n) is 5.06. The second kappa shape index (κ2) is 13.4. The maximum Gasteiger partial charge on any atom is 0.227 e. The van der Waals surface area contributed by atoms with Crippen molar-refractivity contribution in [1.82, 2.24) is 15.1 Å². The van der Waals surface area contributed by atoms with Gasteiger partial charge in [0.05, 0.1) is 5.92 Å². The lowest BCUT2D eigenvalue weighted by molar-refractivity contribution is -0.122. The average molecular weight is 418 g/mol. The average Bonchev–Trinajstić information content (AvgIpc) is 2.59. The van der Waals surface area contributed by atoms with E-state index in [2.05, 4.69) is 60.3 Å². The predicted octanol–water partition coefficient (Wildman–Crippen LogP) is 3.59. The van der Waals surface area contributed by atoms with E-state index in [-0.39, 0.29) is 36.6 Å². The fourth-order valence-electron chi connectivity index (χ4n) is 3.30. The standard InChI is InChI=1S/C21H35N3O.2ClH/c1-17(2)16-19-6-8-20(9-7-19)18(3)21(25)22-10-5-11-24-14-12-23(4)13-15-24;;/h6-9,17-18H,5,10-16H2,1-4H3,(H,22,25);2*1H. The predicted molar refractivity (Wildman–Crippen MR) is 119 cm³/mol. The van der Waals surface area contributed by atoms with Gasteiger partial charge in [-0.2, -0.15) is 0 Å². The van der Waals surface area contributed by atoms with E-state index in [4.69, 9.17) is 0 Å². The van der Waals surface area contributed by atoms with E-state index in [1.165, 1.54) is 5.56 Å². The molecule has 27 heavy (non-hydrogen) atoms. The van der Waals surface area contributed by atoms with Crippen molar-refractivity contribution in [2.24, 2.45) is 5.92 Å². The van der Waals surface area contributed by atoms with E-state index in [1.54, 1.807) is 0 Å². The molecule has 1 aromatic rings. The number of amides is 1. The molecule has 1 saturated heterocycles. The highest BCUT2D eigenvalue weighted by Gasteiger charge is 2.16. The number of rotatable bonds is 8. The van der Waals surface area contributed by atoms with Crippen molar-refractivity contribution in [2.45, 2.75) is 39.5 Å². The van der Waals surface area contributed by atoms with E-state index < -0.39 is 0 Å². The SMILES string of the molecule is CC(C)Cc1ccc(C(C)C(=O)NCCCN2CCN(C)CC2)cc1.Cl.Cl. The Hall–Kier alpha value is -0.810. The lowest BCUT2D eigenvalue weighted by Gasteiger charge is -2.32. The Kier molecular flexibility index (Phi) is 13.0. The topological polar surface area (TPSA) is 35.6 Å². The fourth-order valence-corrected chi connectivity index (χ4v) is 3.30. The van der Waals surface area contributed by atoms with Crippen molar-refractivity contribution in [3.63, 3.8) is 0 Å². The van der Waals surface area contributed by atoms with Crippen LogP contribution in [0.15, 0.2) is 24.3 Å². The van der Waals surface area contributed by atoms with E-state index in [0.717, 1.165) is 57.7 Å². The van der Waals surface area contributed by atoms with Crippen LogP contribution in [0.5, 0.6) is 0 Å². The third-order valence-corrected chi connectivity index (χ3v) is 5.06. The number of benzene rings is 1. The summed E-state index contributed by atoms with van der Waals surface area (Å²) in [5, 5.41) is 3.10. The fraction of sp³-hybridized carbons (Fsp3) is 0.667. The zero-order chi connectivity index (χ0) is 18.2. The van der Waals surface area contributed by atoms with Crippen LogP contribution in [-0.4, -0.2) is 62.0 Å². The third kappa shape index (κ3) is 9.29. The molecule has 0 bridgehead atoms. The van der Waals surface area contributed by atoms with Crippen LogP contribution in [0.2, 0.25) is 0 Å². The number of carbonyl (C=O) groups is 1. The normalized spacial score (nSPS) is 16.3. The van der Waals surface area contributed by atoms with Gasteiger partial charge in [-0.15, -0.1) is 24.8 Å². The summed E-state index contributed by atoms with van der Waals surface area (Å²) < 4.78 is 0. The first-order valence-electron chi connectivity index (χ1n) is 9.73. The molecule has 1 N–H and O–H groups in total. The Morgan fingerprint density at radius 2 is 1.63 bits per heavy atom. The van der Waals surface area contributed by atoms with E-state index in [9.17, 15) is 4.79 Å². The highest BCUT2D eigenvalue weighted by Crippen LogP contribution is 2.17. The molecule has 1 aliphatic heterocycles. The minimum absolute atomic E-state index is 0. The van der Waals surface area contributed by atoms with Crippen LogP contribution in [0.3, 0.4) is 0 Å². The molecule has 4 nitrogen and oxygen atoms in total. The molecule has 0 aromatic heterocycles. The molecule has 1 amide bonds. The maximum absolute atomic E-state index is 12.4. The maximum atomic E-state index is 12.4. The van der Waals surface area contributed by atoms with Crippen LogP contribution >= 0.6 is 24.8 Å². The molecule has 1 atom stereocenters. The van der Waals surface area contributed by atoms with Crippen LogP contribution in [-0.2, 0) is 11.2 Å². The van der Waals surface area contributed by atoms with E-state index in [0.29, 0.717) is 5.92 Å². The van der Waals surface area contributed by atoms with Gasteiger partial charge in [-0.3, -0.25) is 4.79 Å². The Bertz CT molecular complexity index is 529. The van der Waals surface area contributed by atoms with Crippen molar-refractivity contribution >= 4 is 30.7 Å². The van der Waals surface area contributed by atoms with Gasteiger partial charge in [-0.25, -0.2) is 0 Å². The number of likely N-dealkylation sites (N-methyl/N-ethyl adjacent to an activating group) is 1. The summed E-state index contributed by atoms with van der Waals surface area (Å²) in [6.07, 6.45) is 2.11. The molecular weight excluding hydrogens is 381 g/mol. The Morgan fingerprint density at radius 1 is 1.04 bits per heavy atom. The van der Waals surface area contributed by atoms with Gasteiger partial charge in [-0.1, -0.05) is 38.1 Å². The lowest BCUT2D eigenvalue weighted by Crippen LogP contribution is -2.45. The van der Waals surface area contributed by atoms with Crippen molar-refractivity contribution < 1.29 is 4.79 Å². The number of hydrogen-bond donors (Lipinski definition) is 1. The summed E-state index contributed by atoms with van der Waals surface area (Å²) in [5.74, 6) is 0.707. The summed E-state index contributed by atoms with van der Waals surface area (Å²) >= 11 is 0. The summed E-state index contributed by atoms with van der Waals surface area (Å²) in [4.78, 5) is 17.2. The number of halogens is 2. The number of carbonyl (C=O) groups excluding carboxylic acids is 1. The molecular formula is C21H37Cl2N3O. The lowest BCUT2D eigenvalue weighted by atomic mass is 9.96. The van der Waals surface area contributed by atoms with Gasteiger partial charge >= 0.3 is 0 Å². The number of hydrogen-bond acceptors (Lipinski definition) is 3. The second-order valence-corrected chi connectivity index (χ2v) is 7.85. The molecule has 6 heteroatoms. The minimum Gasteiger partial charge on any atom is -0.356 e. The number of piperazine rings is 1. The zero-order valence-electron chi connectivity index (χ0n) is 17.2. The molecule has 0 spiro atoms. The number of nitrogens with zero attached hydrogens (tertiary/aromatic N) is 2. The quantitative estimate of drug-likeness (QED) is 0.656. The van der Waals surface area contributed by atoms with E-state index in [1.807, 2.05) is 6.92 Å². The van der Waals surface area contributed by atoms with Crippen molar-refractivity contribution in [3.05, 3.63) is 35.4 Å². The second-order valence-electron chi connectivity index (χ2n) is 7.85. The molecule has 0 saturated carbocycles. The molecule has 1 aliphatic rings. The van der Waals surface area contributed by atoms with Gasteiger partial charge in [0.25, 0.3) is 0 Å². The zero-order valence-corrected chi connectivity index (χ0v) is 18.9. The summed E-state index contributed by atoms with van der Waals surface area (Å²) in [6, 6.07) is 8.53. The van der Waals surface area contributed by atoms with Crippen molar-refractivity contribution in [2.75, 3.05) is 46.3 Å². The Balaban J connectivity index is 0.00000338. The van der Waals surface area contributed by atoms with Gasteiger partial charge in [0.15, 0.2) is 0 Å². The van der Waals surface area contributed by atoms with Crippen LogP contribution in [0.1, 0.15) is 44.2 Å².